The lowest BCUT2D eigenvalue weighted by molar-refractivity contribution is -0.117. The van der Waals surface area contributed by atoms with Crippen molar-refractivity contribution in [3.63, 3.8) is 0 Å². The van der Waals surface area contributed by atoms with Gasteiger partial charge in [-0.25, -0.2) is 0 Å². The number of carbonyl (C=O) groups is 1. The van der Waals surface area contributed by atoms with Gasteiger partial charge in [-0.05, 0) is 12.1 Å². The molecule has 1 aromatic carbocycles. The number of benzene rings is 1. The Morgan fingerprint density at radius 1 is 1.57 bits per heavy atom. The van der Waals surface area contributed by atoms with Crippen LogP contribution in [0.25, 0.3) is 0 Å². The molecule has 1 aromatic rings. The Morgan fingerprint density at radius 3 is 2.95 bits per heavy atom. The number of amides is 1. The maximum Gasteiger partial charge on any atom is 0.257 e. The van der Waals surface area contributed by atoms with Crippen molar-refractivity contribution in [1.82, 2.24) is 5.32 Å². The number of methoxy groups -OCH3 is 1. The number of ether oxygens (including phenoxy) is 1. The molecule has 112 valence electrons. The van der Waals surface area contributed by atoms with Gasteiger partial charge < -0.3 is 20.5 Å². The fourth-order valence-corrected chi connectivity index (χ4v) is 2.57. The summed E-state index contributed by atoms with van der Waals surface area (Å²) in [4.78, 5) is 12.0. The van der Waals surface area contributed by atoms with Crippen LogP contribution in [0.2, 0.25) is 5.02 Å². The van der Waals surface area contributed by atoms with Crippen LogP contribution in [-0.4, -0.2) is 29.7 Å². The predicted molar refractivity (Wildman–Crippen MR) is 86.1 cm³/mol. The van der Waals surface area contributed by atoms with Gasteiger partial charge >= 0.3 is 0 Å². The zero-order chi connectivity index (χ0) is 15.6. The highest BCUT2D eigenvalue weighted by Gasteiger charge is 2.28. The second-order valence-electron chi connectivity index (χ2n) is 4.65. The van der Waals surface area contributed by atoms with E-state index < -0.39 is 5.91 Å². The van der Waals surface area contributed by atoms with E-state index in [1.807, 2.05) is 0 Å². The number of aliphatic hydroxyl groups excluding tert-OH is 1. The number of thiocarbonyl (C=S) groups is 1. The summed E-state index contributed by atoms with van der Waals surface area (Å²) in [6, 6.07) is 5.13. The molecule has 0 saturated heterocycles. The molecule has 0 aromatic heterocycles. The Morgan fingerprint density at radius 2 is 2.29 bits per heavy atom. The van der Waals surface area contributed by atoms with Crippen LogP contribution in [0.3, 0.4) is 0 Å². The highest BCUT2D eigenvalue weighted by molar-refractivity contribution is 7.81. The molecular formula is C14H15ClN2O3S. The second-order valence-corrected chi connectivity index (χ2v) is 5.46. The summed E-state index contributed by atoms with van der Waals surface area (Å²) < 4.78 is 5.21. The Balaban J connectivity index is 2.32. The third-order valence-electron chi connectivity index (χ3n) is 3.17. The third-order valence-corrected chi connectivity index (χ3v) is 3.77. The van der Waals surface area contributed by atoms with E-state index in [1.54, 1.807) is 25.1 Å². The zero-order valence-electron chi connectivity index (χ0n) is 11.6. The van der Waals surface area contributed by atoms with E-state index in [0.29, 0.717) is 23.0 Å². The van der Waals surface area contributed by atoms with Crippen molar-refractivity contribution < 1.29 is 14.6 Å². The van der Waals surface area contributed by atoms with Crippen molar-refractivity contribution >= 4 is 40.4 Å². The molecule has 0 radical (unpaired) electrons. The number of hydrogen-bond acceptors (Lipinski definition) is 4. The number of nitrogens with one attached hydrogen (secondary N) is 2. The Bertz CT molecular complexity index is 631. The van der Waals surface area contributed by atoms with Gasteiger partial charge in [-0.15, -0.1) is 0 Å². The first-order valence-corrected chi connectivity index (χ1v) is 7.09. The first kappa shape index (κ1) is 15.6. The molecule has 21 heavy (non-hydrogen) atoms. The number of carbonyl (C=O) groups excluding carboxylic acids is 1. The molecule has 1 atom stereocenters. The summed E-state index contributed by atoms with van der Waals surface area (Å²) in [5.41, 5.74) is 0.604. The first-order chi connectivity index (χ1) is 9.95. The molecule has 0 spiro atoms. The summed E-state index contributed by atoms with van der Waals surface area (Å²) in [5, 5.41) is 16.1. The molecule has 0 saturated carbocycles. The molecule has 7 heteroatoms. The number of anilines is 1. The van der Waals surface area contributed by atoms with E-state index in [9.17, 15) is 9.90 Å². The molecular weight excluding hydrogens is 312 g/mol. The summed E-state index contributed by atoms with van der Waals surface area (Å²) in [6.45, 7) is 2.19. The maximum atomic E-state index is 11.9. The van der Waals surface area contributed by atoms with Crippen LogP contribution in [-0.2, 0) is 4.79 Å². The van der Waals surface area contributed by atoms with Gasteiger partial charge in [-0.2, -0.15) is 0 Å². The van der Waals surface area contributed by atoms with Crippen molar-refractivity contribution in [1.29, 1.82) is 0 Å². The summed E-state index contributed by atoms with van der Waals surface area (Å²) in [7, 11) is 1.49. The molecule has 1 aliphatic heterocycles. The Kier molecular flexibility index (Phi) is 4.69. The van der Waals surface area contributed by atoms with Crippen LogP contribution in [0.1, 0.15) is 6.92 Å². The van der Waals surface area contributed by atoms with Gasteiger partial charge in [0.05, 0.1) is 17.8 Å². The summed E-state index contributed by atoms with van der Waals surface area (Å²) in [6.07, 6.45) is 0. The lowest BCUT2D eigenvalue weighted by atomic mass is 10.00. The van der Waals surface area contributed by atoms with Crippen molar-refractivity contribution in [2.24, 2.45) is 5.92 Å². The zero-order valence-corrected chi connectivity index (χ0v) is 13.1. The van der Waals surface area contributed by atoms with Crippen LogP contribution in [0, 0.1) is 5.92 Å². The Labute approximate surface area is 132 Å². The summed E-state index contributed by atoms with van der Waals surface area (Å²) >= 11 is 11.3. The van der Waals surface area contributed by atoms with Crippen molar-refractivity contribution in [2.75, 3.05) is 19.0 Å². The molecule has 1 unspecified atom stereocenters. The van der Waals surface area contributed by atoms with Gasteiger partial charge in [0.25, 0.3) is 5.91 Å². The molecule has 3 N–H and O–H groups in total. The van der Waals surface area contributed by atoms with E-state index in [1.165, 1.54) is 7.11 Å². The molecule has 1 aliphatic rings. The van der Waals surface area contributed by atoms with Gasteiger partial charge in [0.15, 0.2) is 5.75 Å². The standard InChI is InChI=1S/C14H15ClN2O3S/c1-7-6-16-13(19)10(11(7)18)14(21)17-9-5-3-4-8(15)12(9)20-2/h3-5,7,18H,6H2,1-2H3,(H,16,19)(H,17,21). The van der Waals surface area contributed by atoms with Crippen LogP contribution >= 0.6 is 23.8 Å². The van der Waals surface area contributed by atoms with Crippen molar-refractivity contribution in [2.45, 2.75) is 6.92 Å². The van der Waals surface area contributed by atoms with Gasteiger partial charge in [0.1, 0.15) is 16.3 Å². The van der Waals surface area contributed by atoms with Gasteiger partial charge in [0, 0.05) is 12.5 Å². The summed E-state index contributed by atoms with van der Waals surface area (Å²) in [5.74, 6) is -0.175. The van der Waals surface area contributed by atoms with Crippen LogP contribution in [0.15, 0.2) is 29.5 Å². The predicted octanol–water partition coefficient (Wildman–Crippen LogP) is 2.67. The van der Waals surface area contributed by atoms with E-state index in [-0.39, 0.29) is 22.2 Å². The molecule has 0 aliphatic carbocycles. The van der Waals surface area contributed by atoms with Gasteiger partial charge in [-0.1, -0.05) is 36.8 Å². The topological polar surface area (TPSA) is 70.6 Å². The fourth-order valence-electron chi connectivity index (χ4n) is 2.01. The normalized spacial score (nSPS) is 18.2. The lowest BCUT2D eigenvalue weighted by Gasteiger charge is -2.23. The fraction of sp³-hybridized carbons (Fsp3) is 0.286. The largest absolute Gasteiger partial charge is 0.511 e. The van der Waals surface area contributed by atoms with E-state index in [2.05, 4.69) is 10.6 Å². The minimum Gasteiger partial charge on any atom is -0.511 e. The number of para-hydroxylation sites is 1. The van der Waals surface area contributed by atoms with E-state index in [4.69, 9.17) is 28.6 Å². The quantitative estimate of drug-likeness (QED) is 0.745. The van der Waals surface area contributed by atoms with Crippen molar-refractivity contribution in [3.05, 3.63) is 34.6 Å². The number of aliphatic hydroxyl groups is 1. The number of rotatable bonds is 3. The minimum absolute atomic E-state index is 0.0164. The smallest absolute Gasteiger partial charge is 0.257 e. The van der Waals surface area contributed by atoms with Gasteiger partial charge in [-0.3, -0.25) is 4.79 Å². The SMILES string of the molecule is COc1c(Cl)cccc1NC(=S)C1=C(O)C(C)CNC1=O. The molecule has 5 nitrogen and oxygen atoms in total. The third kappa shape index (κ3) is 3.11. The van der Waals surface area contributed by atoms with E-state index >= 15 is 0 Å². The van der Waals surface area contributed by atoms with Crippen LogP contribution in [0.4, 0.5) is 5.69 Å². The van der Waals surface area contributed by atoms with Crippen molar-refractivity contribution in [3.8, 4) is 5.75 Å². The lowest BCUT2D eigenvalue weighted by Crippen LogP contribution is -2.40. The number of halogens is 1. The molecule has 2 rings (SSSR count). The average Bonchev–Trinajstić information content (AvgIpc) is 2.44. The van der Waals surface area contributed by atoms with E-state index in [0.717, 1.165) is 0 Å². The van der Waals surface area contributed by atoms with Crippen LogP contribution in [0.5, 0.6) is 5.75 Å². The van der Waals surface area contributed by atoms with Gasteiger partial charge in [0.2, 0.25) is 0 Å². The van der Waals surface area contributed by atoms with Crippen LogP contribution < -0.4 is 15.4 Å². The highest BCUT2D eigenvalue weighted by Crippen LogP contribution is 2.33. The number of hydrogen-bond donors (Lipinski definition) is 3. The average molecular weight is 327 g/mol. The molecule has 1 heterocycles. The maximum absolute atomic E-state index is 11.9. The second kappa shape index (κ2) is 6.32. The monoisotopic (exact) mass is 326 g/mol. The minimum atomic E-state index is -0.399. The first-order valence-electron chi connectivity index (χ1n) is 6.31. The molecule has 1 amide bonds. The molecule has 0 bridgehead atoms. The molecule has 0 fully saturated rings. The Hall–Kier alpha value is -1.79. The highest BCUT2D eigenvalue weighted by atomic mass is 35.5.